The summed E-state index contributed by atoms with van der Waals surface area (Å²) in [5.41, 5.74) is 2.57. The van der Waals surface area contributed by atoms with Gasteiger partial charge in [0.15, 0.2) is 0 Å². The first-order chi connectivity index (χ1) is 13.4. The monoisotopic (exact) mass is 362 g/mol. The molecule has 0 saturated heterocycles. The molecular weight excluding hydrogens is 344 g/mol. The fraction of sp³-hybridized carbons (Fsp3) is 0. The van der Waals surface area contributed by atoms with Crippen molar-refractivity contribution in [3.05, 3.63) is 108 Å². The predicted molar refractivity (Wildman–Crippen MR) is 120 cm³/mol. The third-order valence-corrected chi connectivity index (χ3v) is 5.95. The van der Waals surface area contributed by atoms with E-state index < -0.39 is 0 Å². The van der Waals surface area contributed by atoms with Crippen molar-refractivity contribution in [2.45, 2.75) is 0 Å². The van der Waals surface area contributed by atoms with Gasteiger partial charge in [-0.15, -0.1) is 11.3 Å². The van der Waals surface area contributed by atoms with E-state index in [9.17, 15) is 0 Å². The Bertz CT molecular complexity index is 1210. The molecule has 0 atom stereocenters. The Kier molecular flexibility index (Phi) is 4.08. The van der Waals surface area contributed by atoms with Gasteiger partial charge in [-0.1, -0.05) is 84.9 Å². The lowest BCUT2D eigenvalue weighted by molar-refractivity contribution is 1.67. The number of rotatable bonds is 3. The number of benzene rings is 4. The first-order valence-electron chi connectivity index (χ1n) is 9.12. The molecule has 128 valence electrons. The maximum atomic E-state index is 2.29. The van der Waals surface area contributed by atoms with Crippen LogP contribution in [0.25, 0.3) is 44.1 Å². The Labute approximate surface area is 163 Å². The summed E-state index contributed by atoms with van der Waals surface area (Å²) in [6, 6.07) is 34.6. The zero-order valence-corrected chi connectivity index (χ0v) is 15.6. The topological polar surface area (TPSA) is 0 Å². The van der Waals surface area contributed by atoms with Gasteiger partial charge < -0.3 is 0 Å². The summed E-state index contributed by atoms with van der Waals surface area (Å²) in [7, 11) is 0. The van der Waals surface area contributed by atoms with Gasteiger partial charge in [0.1, 0.15) is 0 Å². The van der Waals surface area contributed by atoms with Crippen LogP contribution in [0.1, 0.15) is 10.4 Å². The van der Waals surface area contributed by atoms with E-state index in [4.69, 9.17) is 0 Å². The molecule has 1 heteroatoms. The van der Waals surface area contributed by atoms with Gasteiger partial charge in [0.2, 0.25) is 0 Å². The van der Waals surface area contributed by atoms with Crippen LogP contribution in [0.4, 0.5) is 0 Å². The average Bonchev–Trinajstić information content (AvgIpc) is 3.20. The van der Waals surface area contributed by atoms with E-state index in [-0.39, 0.29) is 0 Å². The Morgan fingerprint density at radius 3 is 1.89 bits per heavy atom. The van der Waals surface area contributed by atoms with Gasteiger partial charge in [0, 0.05) is 15.3 Å². The van der Waals surface area contributed by atoms with Gasteiger partial charge in [-0.3, -0.25) is 0 Å². The molecule has 1 aromatic heterocycles. The molecule has 5 aromatic rings. The van der Waals surface area contributed by atoms with E-state index in [0.717, 1.165) is 0 Å². The van der Waals surface area contributed by atoms with Gasteiger partial charge in [-0.05, 0) is 51.4 Å². The number of fused-ring (bicyclic) bond motifs is 2. The van der Waals surface area contributed by atoms with Gasteiger partial charge in [0.05, 0.1) is 0 Å². The molecule has 4 aromatic carbocycles. The molecule has 0 bridgehead atoms. The minimum absolute atomic E-state index is 1.23. The lowest BCUT2D eigenvalue weighted by Gasteiger charge is -2.10. The van der Waals surface area contributed by atoms with Crippen molar-refractivity contribution in [1.29, 1.82) is 0 Å². The highest BCUT2D eigenvalue weighted by molar-refractivity contribution is 7.16. The lowest BCUT2D eigenvalue weighted by Crippen LogP contribution is -1.82. The van der Waals surface area contributed by atoms with Gasteiger partial charge in [-0.25, -0.2) is 0 Å². The van der Waals surface area contributed by atoms with Crippen LogP contribution in [0, 0.1) is 0 Å². The SMILES string of the molecule is C(=C\c1ccc(-c2c3ccccc3cc3ccccc23)s1)/c1ccccc1. The third kappa shape index (κ3) is 3.07. The smallest absolute Gasteiger partial charge is 0.0361 e. The van der Waals surface area contributed by atoms with E-state index in [1.54, 1.807) is 0 Å². The summed E-state index contributed by atoms with van der Waals surface area (Å²) in [5.74, 6) is 0. The Morgan fingerprint density at radius 1 is 0.556 bits per heavy atom. The zero-order valence-electron chi connectivity index (χ0n) is 14.8. The first kappa shape index (κ1) is 16.0. The number of hydrogen-bond donors (Lipinski definition) is 0. The normalized spacial score (nSPS) is 11.6. The summed E-state index contributed by atoms with van der Waals surface area (Å²) >= 11 is 1.85. The second-order valence-electron chi connectivity index (χ2n) is 6.64. The maximum Gasteiger partial charge on any atom is 0.0361 e. The molecule has 0 radical (unpaired) electrons. The predicted octanol–water partition coefficient (Wildman–Crippen LogP) is 7.89. The molecule has 0 aliphatic carbocycles. The van der Waals surface area contributed by atoms with Crippen molar-refractivity contribution in [3.63, 3.8) is 0 Å². The van der Waals surface area contributed by atoms with E-state index in [2.05, 4.69) is 103 Å². The Balaban J connectivity index is 1.65. The molecule has 0 aliphatic rings. The average molecular weight is 362 g/mol. The molecule has 0 saturated carbocycles. The third-order valence-electron chi connectivity index (χ3n) is 4.88. The van der Waals surface area contributed by atoms with Gasteiger partial charge in [-0.2, -0.15) is 0 Å². The fourth-order valence-corrected chi connectivity index (χ4v) is 4.58. The zero-order chi connectivity index (χ0) is 18.1. The van der Waals surface area contributed by atoms with Gasteiger partial charge >= 0.3 is 0 Å². The second kappa shape index (κ2) is 6.86. The van der Waals surface area contributed by atoms with E-state index >= 15 is 0 Å². The van der Waals surface area contributed by atoms with Crippen LogP contribution in [0.5, 0.6) is 0 Å². The standard InChI is InChI=1S/C26H18S/c1-2-8-19(9-3-1)14-15-22-16-17-25(27-22)26-23-12-6-4-10-20(23)18-21-11-5-7-13-24(21)26/h1-18H/b15-14+. The van der Waals surface area contributed by atoms with Crippen molar-refractivity contribution in [1.82, 2.24) is 0 Å². The van der Waals surface area contributed by atoms with Gasteiger partial charge in [0.25, 0.3) is 0 Å². The molecule has 0 fully saturated rings. The molecule has 1 heterocycles. The Hall–Kier alpha value is -3.16. The second-order valence-corrected chi connectivity index (χ2v) is 7.76. The van der Waals surface area contributed by atoms with Crippen molar-refractivity contribution in [2.75, 3.05) is 0 Å². The van der Waals surface area contributed by atoms with Crippen LogP contribution in [-0.2, 0) is 0 Å². The van der Waals surface area contributed by atoms with Crippen LogP contribution in [-0.4, -0.2) is 0 Å². The van der Waals surface area contributed by atoms with Crippen molar-refractivity contribution in [2.24, 2.45) is 0 Å². The van der Waals surface area contributed by atoms with Crippen LogP contribution in [0.3, 0.4) is 0 Å². The van der Waals surface area contributed by atoms with Crippen molar-refractivity contribution < 1.29 is 0 Å². The van der Waals surface area contributed by atoms with Crippen molar-refractivity contribution in [3.8, 4) is 10.4 Å². The highest BCUT2D eigenvalue weighted by Gasteiger charge is 2.11. The molecule has 0 amide bonds. The maximum absolute atomic E-state index is 2.29. The van der Waals surface area contributed by atoms with Crippen molar-refractivity contribution >= 4 is 45.0 Å². The highest BCUT2D eigenvalue weighted by atomic mass is 32.1. The first-order valence-corrected chi connectivity index (χ1v) is 9.94. The molecule has 27 heavy (non-hydrogen) atoms. The van der Waals surface area contributed by atoms with Crippen LogP contribution >= 0.6 is 11.3 Å². The van der Waals surface area contributed by atoms with Crippen LogP contribution in [0.15, 0.2) is 97.1 Å². The molecule has 0 aliphatic heterocycles. The quantitative estimate of drug-likeness (QED) is 0.286. The molecule has 0 nitrogen and oxygen atoms in total. The van der Waals surface area contributed by atoms with E-state index in [0.29, 0.717) is 0 Å². The Morgan fingerprint density at radius 2 is 1.19 bits per heavy atom. The lowest BCUT2D eigenvalue weighted by atomic mass is 9.96. The summed E-state index contributed by atoms with van der Waals surface area (Å²) in [6.45, 7) is 0. The summed E-state index contributed by atoms with van der Waals surface area (Å²) < 4.78 is 0. The molecular formula is C26H18S. The minimum atomic E-state index is 1.23. The largest absolute Gasteiger partial charge is 0.136 e. The van der Waals surface area contributed by atoms with Crippen LogP contribution in [0.2, 0.25) is 0 Å². The number of hydrogen-bond acceptors (Lipinski definition) is 1. The van der Waals surface area contributed by atoms with E-state index in [1.165, 1.54) is 42.4 Å². The molecule has 0 unspecified atom stereocenters. The van der Waals surface area contributed by atoms with Crippen LogP contribution < -0.4 is 0 Å². The fourth-order valence-electron chi connectivity index (χ4n) is 3.60. The molecule has 5 rings (SSSR count). The number of thiophene rings is 1. The summed E-state index contributed by atoms with van der Waals surface area (Å²) in [4.78, 5) is 2.58. The molecule has 0 spiro atoms. The minimum Gasteiger partial charge on any atom is -0.136 e. The summed E-state index contributed by atoms with van der Waals surface area (Å²) in [6.07, 6.45) is 4.38. The molecule has 0 N–H and O–H groups in total. The van der Waals surface area contributed by atoms with E-state index in [1.807, 2.05) is 17.4 Å². The highest BCUT2D eigenvalue weighted by Crippen LogP contribution is 2.39. The summed E-state index contributed by atoms with van der Waals surface area (Å²) in [5, 5.41) is 5.22.